The molecule has 0 radical (unpaired) electrons. The molecule has 0 bridgehead atoms. The number of fused-ring (bicyclic) bond motifs is 2. The van der Waals surface area contributed by atoms with Crippen molar-refractivity contribution in [3.8, 4) is 11.5 Å². The Hall–Kier alpha value is -3.07. The molecule has 2 aliphatic rings. The van der Waals surface area contributed by atoms with E-state index in [2.05, 4.69) is 0 Å². The summed E-state index contributed by atoms with van der Waals surface area (Å²) in [6.07, 6.45) is 0.507. The Balaban J connectivity index is 1.10. The van der Waals surface area contributed by atoms with Gasteiger partial charge in [0, 0.05) is 21.5 Å². The van der Waals surface area contributed by atoms with Crippen molar-refractivity contribution in [2.45, 2.75) is 12.2 Å². The van der Waals surface area contributed by atoms with Gasteiger partial charge >= 0.3 is 5.97 Å². The van der Waals surface area contributed by atoms with Crippen LogP contribution in [0.1, 0.15) is 10.4 Å². The van der Waals surface area contributed by atoms with Crippen molar-refractivity contribution >= 4 is 27.5 Å². The summed E-state index contributed by atoms with van der Waals surface area (Å²) in [6.45, 7) is 7.90. The summed E-state index contributed by atoms with van der Waals surface area (Å²) in [6, 6.07) is 12.7. The van der Waals surface area contributed by atoms with Gasteiger partial charge in [0.25, 0.3) is 0 Å². The number of carbonyl (C=O) groups is 1. The molecule has 2 heterocycles. The van der Waals surface area contributed by atoms with Crippen LogP contribution in [0.5, 0.6) is 11.5 Å². The standard InChI is InChI=1S/C33H42O12/c34-33(35)24-5-6-29-30(19-24)32(43-18-16-39-10-8-37-12-14-41-21-26-23-45-26)28-4-2-1-3-27(28)31(29)42-17-15-38-9-7-36-11-13-40-20-25-22-44-25/h1-6,19,25-26H,7-18,20-23H2,(H,34,35). The predicted molar refractivity (Wildman–Crippen MR) is 164 cm³/mol. The van der Waals surface area contributed by atoms with Crippen molar-refractivity contribution in [2.75, 3.05) is 106 Å². The fraction of sp³-hybridized carbons (Fsp3) is 0.545. The zero-order valence-electron chi connectivity index (χ0n) is 25.4. The molecule has 1 N–H and O–H groups in total. The number of epoxide rings is 2. The van der Waals surface area contributed by atoms with Crippen LogP contribution in [0.4, 0.5) is 0 Å². The van der Waals surface area contributed by atoms with E-state index >= 15 is 0 Å². The van der Waals surface area contributed by atoms with E-state index in [-0.39, 0.29) is 24.4 Å². The minimum absolute atomic E-state index is 0.158. The lowest BCUT2D eigenvalue weighted by Crippen LogP contribution is -2.14. The van der Waals surface area contributed by atoms with Crippen LogP contribution in [0.2, 0.25) is 0 Å². The maximum absolute atomic E-state index is 11.8. The van der Waals surface area contributed by atoms with Gasteiger partial charge in [0.15, 0.2) is 0 Å². The number of benzene rings is 3. The number of hydrogen-bond acceptors (Lipinski definition) is 11. The first kappa shape index (κ1) is 33.3. The highest BCUT2D eigenvalue weighted by Crippen LogP contribution is 2.43. The Morgan fingerprint density at radius 1 is 0.578 bits per heavy atom. The van der Waals surface area contributed by atoms with Gasteiger partial charge in [-0.2, -0.15) is 0 Å². The lowest BCUT2D eigenvalue weighted by atomic mass is 9.98. The fourth-order valence-corrected chi connectivity index (χ4v) is 4.59. The van der Waals surface area contributed by atoms with Crippen molar-refractivity contribution in [3.05, 3.63) is 48.0 Å². The largest absolute Gasteiger partial charge is 0.490 e. The van der Waals surface area contributed by atoms with Crippen LogP contribution in [0, 0.1) is 0 Å². The van der Waals surface area contributed by atoms with Crippen molar-refractivity contribution < 1.29 is 57.3 Å². The Kier molecular flexibility index (Phi) is 13.4. The van der Waals surface area contributed by atoms with Crippen molar-refractivity contribution in [2.24, 2.45) is 0 Å². The van der Waals surface area contributed by atoms with Crippen LogP contribution in [0.15, 0.2) is 42.5 Å². The average molecular weight is 631 g/mol. The molecule has 0 aromatic heterocycles. The molecular weight excluding hydrogens is 588 g/mol. The Morgan fingerprint density at radius 3 is 1.42 bits per heavy atom. The third-order valence-electron chi connectivity index (χ3n) is 7.02. The summed E-state index contributed by atoms with van der Waals surface area (Å²) in [7, 11) is 0. The van der Waals surface area contributed by atoms with E-state index < -0.39 is 5.97 Å². The van der Waals surface area contributed by atoms with Crippen LogP contribution >= 0.6 is 0 Å². The van der Waals surface area contributed by atoms with E-state index in [4.69, 9.17) is 47.4 Å². The lowest BCUT2D eigenvalue weighted by molar-refractivity contribution is 0.00712. The molecule has 12 nitrogen and oxygen atoms in total. The van der Waals surface area contributed by atoms with Gasteiger partial charge < -0.3 is 52.5 Å². The molecule has 2 unspecified atom stereocenters. The molecule has 5 rings (SSSR count). The highest BCUT2D eigenvalue weighted by molar-refractivity contribution is 6.12. The maximum Gasteiger partial charge on any atom is 0.335 e. The first-order chi connectivity index (χ1) is 22.2. The molecular formula is C33H42O12. The monoisotopic (exact) mass is 630 g/mol. The Morgan fingerprint density at radius 2 is 0.978 bits per heavy atom. The molecule has 3 aromatic rings. The van der Waals surface area contributed by atoms with Gasteiger partial charge in [-0.25, -0.2) is 4.79 Å². The summed E-state index contributed by atoms with van der Waals surface area (Å²) >= 11 is 0. The Labute approximate surface area is 262 Å². The highest BCUT2D eigenvalue weighted by Gasteiger charge is 2.23. The van der Waals surface area contributed by atoms with E-state index in [1.54, 1.807) is 18.2 Å². The van der Waals surface area contributed by atoms with Crippen LogP contribution < -0.4 is 9.47 Å². The van der Waals surface area contributed by atoms with Crippen LogP contribution in [0.25, 0.3) is 21.5 Å². The highest BCUT2D eigenvalue weighted by atomic mass is 16.6. The quantitative estimate of drug-likeness (QED) is 0.0835. The molecule has 2 aliphatic heterocycles. The van der Waals surface area contributed by atoms with Crippen LogP contribution in [-0.4, -0.2) is 129 Å². The SMILES string of the molecule is O=C(O)c1ccc2c(OCCOCCOCCOCC3CO3)c3ccccc3c(OCCOCCOCCOCC3CO3)c2c1. The fourth-order valence-electron chi connectivity index (χ4n) is 4.59. The van der Waals surface area contributed by atoms with Crippen LogP contribution in [0.3, 0.4) is 0 Å². The molecule has 12 heteroatoms. The zero-order chi connectivity index (χ0) is 31.1. The number of carboxylic acid groups (broad SMARTS) is 1. The molecule has 2 saturated heterocycles. The first-order valence-corrected chi connectivity index (χ1v) is 15.4. The number of ether oxygens (including phenoxy) is 10. The third kappa shape index (κ3) is 11.0. The second kappa shape index (κ2) is 18.2. The van der Waals surface area contributed by atoms with Gasteiger partial charge in [-0.05, 0) is 18.2 Å². The average Bonchev–Trinajstić information content (AvgIpc) is 3.99. The summed E-state index contributed by atoms with van der Waals surface area (Å²) in [5.74, 6) is 0.200. The van der Waals surface area contributed by atoms with E-state index in [1.807, 2.05) is 24.3 Å². The summed E-state index contributed by atoms with van der Waals surface area (Å²) in [5.41, 5.74) is 0.158. The molecule has 246 valence electrons. The number of aromatic carboxylic acids is 1. The maximum atomic E-state index is 11.8. The van der Waals surface area contributed by atoms with E-state index in [1.165, 1.54) is 0 Å². The number of rotatable bonds is 25. The molecule has 2 fully saturated rings. The molecule has 0 aliphatic carbocycles. The van der Waals surface area contributed by atoms with Gasteiger partial charge in [0.2, 0.25) is 0 Å². The minimum atomic E-state index is -1.02. The first-order valence-electron chi connectivity index (χ1n) is 15.4. The van der Waals surface area contributed by atoms with Gasteiger partial charge in [-0.15, -0.1) is 0 Å². The number of carboxylic acids is 1. The summed E-state index contributed by atoms with van der Waals surface area (Å²) < 4.78 is 56.0. The zero-order valence-corrected chi connectivity index (χ0v) is 25.4. The van der Waals surface area contributed by atoms with E-state index in [9.17, 15) is 9.90 Å². The van der Waals surface area contributed by atoms with Crippen molar-refractivity contribution in [1.29, 1.82) is 0 Å². The normalized spacial score (nSPS) is 17.2. The van der Waals surface area contributed by atoms with E-state index in [0.717, 1.165) is 29.4 Å². The second-order valence-corrected chi connectivity index (χ2v) is 10.5. The molecule has 0 spiro atoms. The van der Waals surface area contributed by atoms with Crippen molar-refractivity contribution in [3.63, 3.8) is 0 Å². The van der Waals surface area contributed by atoms with Crippen molar-refractivity contribution in [1.82, 2.24) is 0 Å². The van der Waals surface area contributed by atoms with Gasteiger partial charge in [0.05, 0.1) is 98.1 Å². The topological polar surface area (TPSA) is 136 Å². The predicted octanol–water partition coefficient (Wildman–Crippen LogP) is 3.35. The molecule has 2 atom stereocenters. The van der Waals surface area contributed by atoms with Gasteiger partial charge in [-0.1, -0.05) is 24.3 Å². The van der Waals surface area contributed by atoms with E-state index in [0.29, 0.717) is 103 Å². The van der Waals surface area contributed by atoms with Crippen LogP contribution in [-0.2, 0) is 37.9 Å². The third-order valence-corrected chi connectivity index (χ3v) is 7.02. The summed E-state index contributed by atoms with van der Waals surface area (Å²) in [4.78, 5) is 11.8. The Bertz CT molecular complexity index is 1340. The smallest absolute Gasteiger partial charge is 0.335 e. The summed E-state index contributed by atoms with van der Waals surface area (Å²) in [5, 5.41) is 12.7. The second-order valence-electron chi connectivity index (χ2n) is 10.5. The molecule has 0 saturated carbocycles. The molecule has 45 heavy (non-hydrogen) atoms. The number of hydrogen-bond donors (Lipinski definition) is 1. The lowest BCUT2D eigenvalue weighted by Gasteiger charge is -2.18. The minimum Gasteiger partial charge on any atom is -0.490 e. The van der Waals surface area contributed by atoms with Gasteiger partial charge in [-0.3, -0.25) is 0 Å². The van der Waals surface area contributed by atoms with Gasteiger partial charge in [0.1, 0.15) is 36.9 Å². The molecule has 0 amide bonds. The molecule has 3 aromatic carbocycles.